The Morgan fingerprint density at radius 3 is 2.35 bits per heavy atom. The van der Waals surface area contributed by atoms with Crippen molar-refractivity contribution in [1.82, 2.24) is 0 Å². The second kappa shape index (κ2) is 12.2. The van der Waals surface area contributed by atoms with E-state index >= 15 is 0 Å². The number of methoxy groups -OCH3 is 2. The minimum Gasteiger partial charge on any atom is -0.504 e. The van der Waals surface area contributed by atoms with Gasteiger partial charge in [0.05, 0.1) is 39.6 Å². The quantitative estimate of drug-likeness (QED) is 0.152. The highest BCUT2D eigenvalue weighted by molar-refractivity contribution is 5.91. The molecule has 3 aromatic rings. The van der Waals surface area contributed by atoms with E-state index in [1.807, 2.05) is 0 Å². The van der Waals surface area contributed by atoms with Crippen LogP contribution in [0.4, 0.5) is 0 Å². The summed E-state index contributed by atoms with van der Waals surface area (Å²) in [5.41, 5.74) is -2.09. The number of phenolic OH excluding ortho intramolecular Hbond substituents is 1. The zero-order valence-corrected chi connectivity index (χ0v) is 23.0. The molecule has 0 radical (unpaired) electrons. The van der Waals surface area contributed by atoms with Gasteiger partial charge < -0.3 is 68.6 Å². The van der Waals surface area contributed by atoms with E-state index in [0.717, 1.165) is 0 Å². The van der Waals surface area contributed by atoms with Crippen molar-refractivity contribution in [2.45, 2.75) is 48.7 Å². The van der Waals surface area contributed by atoms with Gasteiger partial charge in [0.25, 0.3) is 0 Å². The average Bonchev–Trinajstić information content (AvgIpc) is 3.30. The van der Waals surface area contributed by atoms with Crippen LogP contribution in [0.15, 0.2) is 45.8 Å². The van der Waals surface area contributed by atoms with Gasteiger partial charge in [0, 0.05) is 6.07 Å². The van der Waals surface area contributed by atoms with Crippen molar-refractivity contribution in [1.29, 1.82) is 0 Å². The van der Waals surface area contributed by atoms with E-state index < -0.39 is 79.7 Å². The third-order valence-electron chi connectivity index (χ3n) is 7.50. The summed E-state index contributed by atoms with van der Waals surface area (Å²) in [4.78, 5) is 13.4. The zero-order valence-electron chi connectivity index (χ0n) is 23.0. The van der Waals surface area contributed by atoms with Gasteiger partial charge in [0.15, 0.2) is 23.9 Å². The summed E-state index contributed by atoms with van der Waals surface area (Å²) < 4.78 is 38.6. The van der Waals surface area contributed by atoms with Crippen molar-refractivity contribution < 1.29 is 68.6 Å². The van der Waals surface area contributed by atoms with Crippen molar-refractivity contribution in [3.05, 3.63) is 46.8 Å². The van der Waals surface area contributed by atoms with Crippen LogP contribution in [0.5, 0.6) is 23.0 Å². The number of phenols is 1. The van der Waals surface area contributed by atoms with Crippen LogP contribution in [0.3, 0.4) is 0 Å². The van der Waals surface area contributed by atoms with Gasteiger partial charge in [-0.05, 0) is 17.7 Å². The smallest absolute Gasteiger partial charge is 0.229 e. The first-order valence-corrected chi connectivity index (χ1v) is 13.1. The van der Waals surface area contributed by atoms with Crippen LogP contribution in [0.25, 0.3) is 22.1 Å². The predicted octanol–water partition coefficient (Wildman–Crippen LogP) is -1.17. The number of rotatable bonds is 9. The molecular weight excluding hydrogens is 576 g/mol. The van der Waals surface area contributed by atoms with Crippen molar-refractivity contribution in [3.8, 4) is 34.1 Å². The fourth-order valence-electron chi connectivity index (χ4n) is 4.97. The first-order valence-electron chi connectivity index (χ1n) is 13.1. The lowest BCUT2D eigenvalue weighted by Crippen LogP contribution is -2.62. The highest BCUT2D eigenvalue weighted by atomic mass is 16.8. The molecule has 1 aromatic heterocycles. The van der Waals surface area contributed by atoms with E-state index in [1.165, 1.54) is 26.5 Å². The summed E-state index contributed by atoms with van der Waals surface area (Å²) in [6.45, 7) is -2.09. The Labute approximate surface area is 243 Å². The number of aliphatic hydroxyl groups is 6. The van der Waals surface area contributed by atoms with E-state index in [-0.39, 0.29) is 28.0 Å². The van der Waals surface area contributed by atoms with Gasteiger partial charge in [-0.3, -0.25) is 4.79 Å². The molecule has 0 bridgehead atoms. The van der Waals surface area contributed by atoms with Gasteiger partial charge >= 0.3 is 0 Å². The predicted molar refractivity (Wildman–Crippen MR) is 144 cm³/mol. The monoisotopic (exact) mass is 608 g/mol. The van der Waals surface area contributed by atoms with Gasteiger partial charge in [-0.2, -0.15) is 0 Å². The molecule has 8 atom stereocenters. The minimum absolute atomic E-state index is 0.106. The fourth-order valence-corrected chi connectivity index (χ4v) is 4.97. The standard InChI is InChI=1S/C28H32O15/c1-37-13-5-3-12(4-6-13)14-9-39-15-7-16(23(38-2)21(33)18(15)19(14)31)41-26-24(22(34)20(32)17(8-29)42-26)43-27-25(35)28(36,10-30)11-40-27/h3-7,9,17,20,22,24-27,29-30,32-36H,8,10-11H2,1-2H3/t17-,20-,22+,24-,25+,26-,27+,28-/m1/s1. The van der Waals surface area contributed by atoms with E-state index in [0.29, 0.717) is 11.3 Å². The van der Waals surface area contributed by atoms with Crippen molar-refractivity contribution >= 4 is 11.0 Å². The molecule has 2 aromatic carbocycles. The van der Waals surface area contributed by atoms with Crippen LogP contribution in [0, 0.1) is 0 Å². The zero-order chi connectivity index (χ0) is 31.1. The molecule has 2 aliphatic heterocycles. The molecule has 2 saturated heterocycles. The molecule has 3 heterocycles. The van der Waals surface area contributed by atoms with Crippen LogP contribution in [0.2, 0.25) is 0 Å². The molecule has 2 aliphatic rings. The molecule has 0 spiro atoms. The largest absolute Gasteiger partial charge is 0.504 e. The Balaban J connectivity index is 1.51. The minimum atomic E-state index is -2.05. The summed E-state index contributed by atoms with van der Waals surface area (Å²) in [6, 6.07) is 7.83. The second-order valence-corrected chi connectivity index (χ2v) is 10.1. The number of aromatic hydroxyl groups is 1. The molecule has 0 saturated carbocycles. The normalized spacial score (nSPS) is 30.8. The second-order valence-electron chi connectivity index (χ2n) is 10.1. The molecule has 7 N–H and O–H groups in total. The first-order chi connectivity index (χ1) is 20.6. The third-order valence-corrected chi connectivity index (χ3v) is 7.50. The Bertz CT molecular complexity index is 1490. The molecule has 234 valence electrons. The van der Waals surface area contributed by atoms with Crippen molar-refractivity contribution in [3.63, 3.8) is 0 Å². The number of aliphatic hydroxyl groups excluding tert-OH is 5. The fraction of sp³-hybridized carbons (Fsp3) is 0.464. The van der Waals surface area contributed by atoms with E-state index in [2.05, 4.69) is 0 Å². The average molecular weight is 609 g/mol. The first kappa shape index (κ1) is 30.9. The molecule has 5 rings (SSSR count). The van der Waals surface area contributed by atoms with Crippen LogP contribution >= 0.6 is 0 Å². The van der Waals surface area contributed by atoms with Crippen molar-refractivity contribution in [2.24, 2.45) is 0 Å². The number of benzene rings is 2. The van der Waals surface area contributed by atoms with E-state index in [9.17, 15) is 40.5 Å². The summed E-state index contributed by atoms with van der Waals surface area (Å²) in [5, 5.41) is 72.1. The maximum Gasteiger partial charge on any atom is 0.229 e. The summed E-state index contributed by atoms with van der Waals surface area (Å²) >= 11 is 0. The summed E-state index contributed by atoms with van der Waals surface area (Å²) in [7, 11) is 2.71. The maximum absolute atomic E-state index is 13.4. The molecule has 15 heteroatoms. The lowest BCUT2D eigenvalue weighted by atomic mass is 9.98. The van der Waals surface area contributed by atoms with Gasteiger partial charge in [-0.15, -0.1) is 0 Å². The Hall–Kier alpha value is -3.51. The number of fused-ring (bicyclic) bond motifs is 1. The molecule has 15 nitrogen and oxygen atoms in total. The van der Waals surface area contributed by atoms with Crippen LogP contribution in [-0.2, 0) is 14.2 Å². The van der Waals surface area contributed by atoms with Gasteiger partial charge in [0.1, 0.15) is 53.0 Å². The Morgan fingerprint density at radius 2 is 1.74 bits per heavy atom. The van der Waals surface area contributed by atoms with Crippen LogP contribution in [-0.4, -0.2) is 118 Å². The maximum atomic E-state index is 13.4. The van der Waals surface area contributed by atoms with Crippen molar-refractivity contribution in [2.75, 3.05) is 34.0 Å². The summed E-state index contributed by atoms with van der Waals surface area (Å²) in [6.07, 6.45) is -10.2. The Morgan fingerprint density at radius 1 is 1.02 bits per heavy atom. The molecule has 0 unspecified atom stereocenters. The number of hydrogen-bond acceptors (Lipinski definition) is 15. The van der Waals surface area contributed by atoms with Crippen LogP contribution < -0.4 is 19.6 Å². The lowest BCUT2D eigenvalue weighted by molar-refractivity contribution is -0.319. The molecule has 0 amide bonds. The number of hydrogen-bond donors (Lipinski definition) is 7. The van der Waals surface area contributed by atoms with Gasteiger partial charge in [0.2, 0.25) is 17.5 Å². The lowest BCUT2D eigenvalue weighted by Gasteiger charge is -2.42. The highest BCUT2D eigenvalue weighted by Gasteiger charge is 2.53. The SMILES string of the molecule is COc1ccc(-c2coc3cc(O[C@@H]4O[C@H](CO)[C@@H](O)[C@H](O)[C@H]4O[C@@H]4OC[C@](O)(CO)[C@H]4O)c(OC)c(O)c3c2=O)cc1. The summed E-state index contributed by atoms with van der Waals surface area (Å²) in [5.74, 6) is -0.616. The molecular formula is C28H32O15. The highest BCUT2D eigenvalue weighted by Crippen LogP contribution is 2.44. The number of ether oxygens (including phenoxy) is 6. The van der Waals surface area contributed by atoms with Gasteiger partial charge in [-0.1, -0.05) is 12.1 Å². The van der Waals surface area contributed by atoms with Gasteiger partial charge in [-0.25, -0.2) is 0 Å². The molecule has 2 fully saturated rings. The van der Waals surface area contributed by atoms with Crippen LogP contribution in [0.1, 0.15) is 0 Å². The van der Waals surface area contributed by atoms with E-state index in [4.69, 9.17) is 32.8 Å². The third kappa shape index (κ3) is 5.50. The topological polar surface area (TPSA) is 227 Å². The Kier molecular flexibility index (Phi) is 8.80. The van der Waals surface area contributed by atoms with E-state index in [1.54, 1.807) is 24.3 Å². The molecule has 43 heavy (non-hydrogen) atoms. The molecule has 0 aliphatic carbocycles.